The van der Waals surface area contributed by atoms with E-state index in [2.05, 4.69) is 0 Å². The number of hydrogen-bond acceptors (Lipinski definition) is 3. The Balaban J connectivity index is 2.15. The Labute approximate surface area is 163 Å². The number of allylic oxidation sites excluding steroid dienone is 1. The summed E-state index contributed by atoms with van der Waals surface area (Å²) in [5.41, 5.74) is 4.76. The van der Waals surface area contributed by atoms with Crippen molar-refractivity contribution in [2.45, 2.75) is 20.8 Å². The molecular formula is C22H20ClNO3. The fourth-order valence-electron chi connectivity index (χ4n) is 3.12. The van der Waals surface area contributed by atoms with Crippen molar-refractivity contribution in [1.29, 1.82) is 0 Å². The van der Waals surface area contributed by atoms with E-state index in [1.807, 2.05) is 38.1 Å². The summed E-state index contributed by atoms with van der Waals surface area (Å²) in [4.78, 5) is 27.2. The van der Waals surface area contributed by atoms with Crippen LogP contribution in [0.1, 0.15) is 23.6 Å². The molecule has 1 heterocycles. The number of amides is 1. The van der Waals surface area contributed by atoms with Gasteiger partial charge in [0.15, 0.2) is 0 Å². The van der Waals surface area contributed by atoms with Crippen molar-refractivity contribution in [1.82, 2.24) is 0 Å². The van der Waals surface area contributed by atoms with E-state index in [9.17, 15) is 9.59 Å². The van der Waals surface area contributed by atoms with Gasteiger partial charge in [-0.05, 0) is 67.8 Å². The molecule has 2 aromatic rings. The predicted octanol–water partition coefficient (Wildman–Crippen LogP) is 4.83. The number of anilines is 1. The first-order chi connectivity index (χ1) is 12.8. The Bertz CT molecular complexity index is 1000. The van der Waals surface area contributed by atoms with Gasteiger partial charge in [-0.2, -0.15) is 0 Å². The molecule has 0 saturated heterocycles. The smallest absolute Gasteiger partial charge is 0.340 e. The Kier molecular flexibility index (Phi) is 5.19. The highest BCUT2D eigenvalue weighted by Gasteiger charge is 2.37. The minimum Gasteiger partial charge on any atom is -0.465 e. The van der Waals surface area contributed by atoms with Crippen LogP contribution in [-0.4, -0.2) is 19.0 Å². The minimum atomic E-state index is -0.541. The van der Waals surface area contributed by atoms with Crippen molar-refractivity contribution < 1.29 is 14.3 Å². The summed E-state index contributed by atoms with van der Waals surface area (Å²) in [5.74, 6) is -0.809. The number of aryl methyl sites for hydroxylation is 2. The molecule has 0 unspecified atom stereocenters. The van der Waals surface area contributed by atoms with Gasteiger partial charge in [-0.3, -0.25) is 9.69 Å². The molecule has 2 aromatic carbocycles. The van der Waals surface area contributed by atoms with Crippen molar-refractivity contribution in [2.24, 2.45) is 0 Å². The van der Waals surface area contributed by atoms with E-state index in [-0.39, 0.29) is 11.5 Å². The van der Waals surface area contributed by atoms with Crippen LogP contribution in [-0.2, 0) is 14.3 Å². The second-order valence-electron chi connectivity index (χ2n) is 6.47. The molecule has 0 saturated carbocycles. The highest BCUT2D eigenvalue weighted by molar-refractivity contribution is 6.30. The highest BCUT2D eigenvalue weighted by Crippen LogP contribution is 2.36. The summed E-state index contributed by atoms with van der Waals surface area (Å²) in [7, 11) is 1.31. The number of esters is 1. The molecule has 27 heavy (non-hydrogen) atoms. The molecule has 4 nitrogen and oxygen atoms in total. The summed E-state index contributed by atoms with van der Waals surface area (Å²) in [5, 5.41) is 0.557. The lowest BCUT2D eigenvalue weighted by molar-refractivity contribution is -0.136. The number of nitrogens with zero attached hydrogens (tertiary/aromatic N) is 1. The molecule has 5 heteroatoms. The van der Waals surface area contributed by atoms with Gasteiger partial charge in [0.25, 0.3) is 5.91 Å². The maximum Gasteiger partial charge on any atom is 0.340 e. The molecule has 0 atom stereocenters. The first kappa shape index (κ1) is 18.9. The number of carbonyl (C=O) groups is 2. The lowest BCUT2D eigenvalue weighted by Crippen LogP contribution is -2.24. The average molecular weight is 382 g/mol. The van der Waals surface area contributed by atoms with Gasteiger partial charge in [0, 0.05) is 16.4 Å². The lowest BCUT2D eigenvalue weighted by Gasteiger charge is -2.19. The van der Waals surface area contributed by atoms with Crippen LogP contribution in [0.15, 0.2) is 59.3 Å². The van der Waals surface area contributed by atoms with E-state index in [1.165, 1.54) is 7.11 Å². The molecule has 0 N–H and O–H groups in total. The van der Waals surface area contributed by atoms with E-state index in [4.69, 9.17) is 16.3 Å². The van der Waals surface area contributed by atoms with Crippen molar-refractivity contribution in [2.75, 3.05) is 12.0 Å². The number of halogens is 1. The summed E-state index contributed by atoms with van der Waals surface area (Å²) in [6, 6.07) is 12.9. The SMILES string of the molecule is COC(=O)C1=C(C)N(c2ccc(C)c(C)c2)C(=O)/C1=C\c1cccc(Cl)c1. The third-order valence-corrected chi connectivity index (χ3v) is 4.93. The van der Waals surface area contributed by atoms with Crippen LogP contribution in [0, 0.1) is 13.8 Å². The van der Waals surface area contributed by atoms with Gasteiger partial charge in [0.2, 0.25) is 0 Å². The predicted molar refractivity (Wildman–Crippen MR) is 108 cm³/mol. The third kappa shape index (κ3) is 3.53. The summed E-state index contributed by atoms with van der Waals surface area (Å²) >= 11 is 6.05. The number of rotatable bonds is 3. The molecule has 0 spiro atoms. The van der Waals surface area contributed by atoms with E-state index < -0.39 is 5.97 Å². The highest BCUT2D eigenvalue weighted by atomic mass is 35.5. The van der Waals surface area contributed by atoms with Crippen LogP contribution in [0.5, 0.6) is 0 Å². The molecular weight excluding hydrogens is 362 g/mol. The van der Waals surface area contributed by atoms with Gasteiger partial charge in [0.05, 0.1) is 18.3 Å². The molecule has 0 bridgehead atoms. The number of ether oxygens (including phenoxy) is 1. The summed E-state index contributed by atoms with van der Waals surface area (Å²) in [6.07, 6.45) is 1.67. The summed E-state index contributed by atoms with van der Waals surface area (Å²) < 4.78 is 4.93. The van der Waals surface area contributed by atoms with E-state index in [0.29, 0.717) is 16.3 Å². The van der Waals surface area contributed by atoms with Crippen LogP contribution < -0.4 is 4.90 Å². The van der Waals surface area contributed by atoms with E-state index in [0.717, 1.165) is 22.4 Å². The first-order valence-electron chi connectivity index (χ1n) is 8.52. The maximum absolute atomic E-state index is 13.2. The maximum atomic E-state index is 13.2. The van der Waals surface area contributed by atoms with Crippen LogP contribution in [0.25, 0.3) is 6.08 Å². The zero-order valence-electron chi connectivity index (χ0n) is 15.7. The van der Waals surface area contributed by atoms with Crippen molar-refractivity contribution in [3.05, 3.63) is 81.0 Å². The molecule has 1 aliphatic rings. The Morgan fingerprint density at radius 1 is 1.07 bits per heavy atom. The van der Waals surface area contributed by atoms with Gasteiger partial charge in [-0.1, -0.05) is 29.8 Å². The monoisotopic (exact) mass is 381 g/mol. The zero-order valence-corrected chi connectivity index (χ0v) is 16.4. The number of methoxy groups -OCH3 is 1. The lowest BCUT2D eigenvalue weighted by atomic mass is 10.0. The molecule has 0 aliphatic carbocycles. The largest absolute Gasteiger partial charge is 0.465 e. The minimum absolute atomic E-state index is 0.265. The number of carbonyl (C=O) groups excluding carboxylic acids is 2. The van der Waals surface area contributed by atoms with Gasteiger partial charge in [-0.25, -0.2) is 4.79 Å². The zero-order chi connectivity index (χ0) is 19.7. The molecule has 0 fully saturated rings. The van der Waals surface area contributed by atoms with E-state index >= 15 is 0 Å². The van der Waals surface area contributed by atoms with Crippen LogP contribution in [0.4, 0.5) is 5.69 Å². The Morgan fingerprint density at radius 2 is 1.81 bits per heavy atom. The molecule has 1 amide bonds. The molecule has 138 valence electrons. The standard InChI is InChI=1S/C22H20ClNO3/c1-13-8-9-18(10-14(13)2)24-15(3)20(22(26)27-4)19(21(24)25)12-16-6-5-7-17(23)11-16/h5-12H,1-4H3/b19-12-. The van der Waals surface area contributed by atoms with Crippen LogP contribution in [0.3, 0.4) is 0 Å². The van der Waals surface area contributed by atoms with Crippen LogP contribution in [0.2, 0.25) is 5.02 Å². The fraction of sp³-hybridized carbons (Fsp3) is 0.182. The quantitative estimate of drug-likeness (QED) is 0.565. The normalized spacial score (nSPS) is 15.7. The third-order valence-electron chi connectivity index (χ3n) is 4.70. The van der Waals surface area contributed by atoms with Gasteiger partial charge in [0.1, 0.15) is 0 Å². The Morgan fingerprint density at radius 3 is 2.44 bits per heavy atom. The molecule has 3 rings (SSSR count). The topological polar surface area (TPSA) is 46.6 Å². The number of benzene rings is 2. The van der Waals surface area contributed by atoms with Crippen LogP contribution >= 0.6 is 11.6 Å². The fourth-order valence-corrected chi connectivity index (χ4v) is 3.32. The van der Waals surface area contributed by atoms with Gasteiger partial charge < -0.3 is 4.74 Å². The van der Waals surface area contributed by atoms with Crippen molar-refractivity contribution >= 4 is 35.2 Å². The van der Waals surface area contributed by atoms with Crippen molar-refractivity contribution in [3.8, 4) is 0 Å². The van der Waals surface area contributed by atoms with Crippen molar-refractivity contribution in [3.63, 3.8) is 0 Å². The molecule has 0 radical (unpaired) electrons. The first-order valence-corrected chi connectivity index (χ1v) is 8.90. The second kappa shape index (κ2) is 7.41. The van der Waals surface area contributed by atoms with Gasteiger partial charge >= 0.3 is 5.97 Å². The Hall–Kier alpha value is -2.85. The molecule has 1 aliphatic heterocycles. The van der Waals surface area contributed by atoms with E-state index in [1.54, 1.807) is 36.1 Å². The molecule has 0 aromatic heterocycles. The number of hydrogen-bond donors (Lipinski definition) is 0. The van der Waals surface area contributed by atoms with Gasteiger partial charge in [-0.15, -0.1) is 0 Å². The second-order valence-corrected chi connectivity index (χ2v) is 6.91. The summed E-state index contributed by atoms with van der Waals surface area (Å²) in [6.45, 7) is 5.75. The average Bonchev–Trinajstić information content (AvgIpc) is 2.87.